The van der Waals surface area contributed by atoms with E-state index in [4.69, 9.17) is 23.2 Å². The second-order valence-corrected chi connectivity index (χ2v) is 3.75. The minimum atomic E-state index is 0.543. The van der Waals surface area contributed by atoms with Crippen molar-refractivity contribution in [2.45, 2.75) is 13.8 Å². The Morgan fingerprint density at radius 1 is 1.23 bits per heavy atom. The van der Waals surface area contributed by atoms with E-state index in [0.29, 0.717) is 5.88 Å². The first-order chi connectivity index (χ1) is 6.15. The molecule has 70 valence electrons. The van der Waals surface area contributed by atoms with Gasteiger partial charge in [-0.1, -0.05) is 23.8 Å². The van der Waals surface area contributed by atoms with Gasteiger partial charge in [-0.2, -0.15) is 0 Å². The highest BCUT2D eigenvalue weighted by atomic mass is 35.5. The first-order valence-corrected chi connectivity index (χ1v) is 5.05. The topological polar surface area (TPSA) is 0 Å². The minimum Gasteiger partial charge on any atom is -0.122 e. The molecule has 0 fully saturated rings. The van der Waals surface area contributed by atoms with Crippen molar-refractivity contribution >= 4 is 29.3 Å². The average molecular weight is 215 g/mol. The van der Waals surface area contributed by atoms with Gasteiger partial charge in [0.1, 0.15) is 0 Å². The molecule has 2 heteroatoms. The molecule has 1 aromatic rings. The molecule has 0 aromatic heterocycles. The summed E-state index contributed by atoms with van der Waals surface area (Å²) in [6.45, 7) is 4.10. The molecule has 0 unspecified atom stereocenters. The Morgan fingerprint density at radius 2 is 1.77 bits per heavy atom. The van der Waals surface area contributed by atoms with Gasteiger partial charge in [0, 0.05) is 10.9 Å². The molecule has 1 rings (SSSR count). The van der Waals surface area contributed by atoms with Crippen LogP contribution in [0.1, 0.15) is 16.7 Å². The molecule has 0 aliphatic heterocycles. The summed E-state index contributed by atoms with van der Waals surface area (Å²) in [7, 11) is 0. The van der Waals surface area contributed by atoms with Crippen LogP contribution in [0.5, 0.6) is 0 Å². The summed E-state index contributed by atoms with van der Waals surface area (Å²) < 4.78 is 0. The van der Waals surface area contributed by atoms with Crippen molar-refractivity contribution in [2.24, 2.45) is 0 Å². The van der Waals surface area contributed by atoms with Crippen LogP contribution in [-0.2, 0) is 0 Å². The number of aryl methyl sites for hydroxylation is 2. The Kier molecular flexibility index (Phi) is 3.83. The van der Waals surface area contributed by atoms with E-state index in [1.54, 1.807) is 0 Å². The first kappa shape index (κ1) is 10.6. The van der Waals surface area contributed by atoms with Crippen LogP contribution in [0.4, 0.5) is 0 Å². The highest BCUT2D eigenvalue weighted by Crippen LogP contribution is 2.21. The van der Waals surface area contributed by atoms with Crippen molar-refractivity contribution < 1.29 is 0 Å². The van der Waals surface area contributed by atoms with Crippen LogP contribution in [0, 0.1) is 13.8 Å². The zero-order valence-electron chi connectivity index (χ0n) is 7.77. The molecule has 0 aliphatic carbocycles. The van der Waals surface area contributed by atoms with Crippen molar-refractivity contribution in [3.8, 4) is 0 Å². The molecule has 0 spiro atoms. The maximum atomic E-state index is 5.91. The number of allylic oxidation sites excluding steroid dienone is 1. The van der Waals surface area contributed by atoms with Crippen molar-refractivity contribution in [2.75, 3.05) is 5.88 Å². The average Bonchev–Trinajstić information content (AvgIpc) is 2.02. The molecule has 0 saturated carbocycles. The molecule has 0 amide bonds. The molecule has 0 saturated heterocycles. The van der Waals surface area contributed by atoms with Gasteiger partial charge in [-0.3, -0.25) is 0 Å². The summed E-state index contributed by atoms with van der Waals surface area (Å²) in [5.41, 5.74) is 3.59. The predicted molar refractivity (Wildman–Crippen MR) is 60.7 cm³/mol. The van der Waals surface area contributed by atoms with Crippen LogP contribution in [-0.4, -0.2) is 5.88 Å². The Hall–Kier alpha value is -0.460. The minimum absolute atomic E-state index is 0.543. The van der Waals surface area contributed by atoms with Crippen molar-refractivity contribution in [3.05, 3.63) is 39.9 Å². The molecular weight excluding hydrogens is 203 g/mol. The SMILES string of the molecule is Cc1cc(Cl)cc(C)c1C=CCCl. The second-order valence-electron chi connectivity index (χ2n) is 3.01. The van der Waals surface area contributed by atoms with Gasteiger partial charge in [-0.15, -0.1) is 11.6 Å². The molecule has 1 aromatic carbocycles. The largest absolute Gasteiger partial charge is 0.122 e. The van der Waals surface area contributed by atoms with Crippen molar-refractivity contribution in [3.63, 3.8) is 0 Å². The van der Waals surface area contributed by atoms with Crippen LogP contribution in [0.25, 0.3) is 6.08 Å². The molecule has 0 N–H and O–H groups in total. The first-order valence-electron chi connectivity index (χ1n) is 4.14. The normalized spacial score (nSPS) is 11.1. The summed E-state index contributed by atoms with van der Waals surface area (Å²) in [5.74, 6) is 0.543. The van der Waals surface area contributed by atoms with Crippen LogP contribution in [0.2, 0.25) is 5.02 Å². The van der Waals surface area contributed by atoms with Crippen molar-refractivity contribution in [1.82, 2.24) is 0 Å². The summed E-state index contributed by atoms with van der Waals surface area (Å²) >= 11 is 11.5. The Labute approximate surface area is 89.2 Å². The number of benzene rings is 1. The maximum Gasteiger partial charge on any atom is 0.0411 e. The van der Waals surface area contributed by atoms with E-state index < -0.39 is 0 Å². The third kappa shape index (κ3) is 2.75. The molecule has 0 aliphatic rings. The highest BCUT2D eigenvalue weighted by Gasteiger charge is 2.00. The maximum absolute atomic E-state index is 5.91. The molecular formula is C11H12Cl2. The smallest absolute Gasteiger partial charge is 0.0411 e. The van der Waals surface area contributed by atoms with Gasteiger partial charge in [0.2, 0.25) is 0 Å². The van der Waals surface area contributed by atoms with Gasteiger partial charge in [0.25, 0.3) is 0 Å². The van der Waals surface area contributed by atoms with Gasteiger partial charge in [0.05, 0.1) is 0 Å². The standard InChI is InChI=1S/C11H12Cl2/c1-8-6-10(13)7-9(2)11(8)4-3-5-12/h3-4,6-7H,5H2,1-2H3. The third-order valence-electron chi connectivity index (χ3n) is 1.93. The summed E-state index contributed by atoms with van der Waals surface area (Å²) in [6, 6.07) is 3.92. The lowest BCUT2D eigenvalue weighted by atomic mass is 10.0. The van der Waals surface area contributed by atoms with Gasteiger partial charge in [-0.05, 0) is 42.7 Å². The molecule has 0 heterocycles. The fourth-order valence-corrected chi connectivity index (χ4v) is 1.76. The molecule has 0 nitrogen and oxygen atoms in total. The van der Waals surface area contributed by atoms with Crippen LogP contribution >= 0.6 is 23.2 Å². The van der Waals surface area contributed by atoms with E-state index >= 15 is 0 Å². The Bertz CT molecular complexity index is 304. The lowest BCUT2D eigenvalue weighted by Gasteiger charge is -2.05. The lowest BCUT2D eigenvalue weighted by Crippen LogP contribution is -1.86. The number of halogens is 2. The predicted octanol–water partition coefficient (Wildman–Crippen LogP) is 4.21. The number of rotatable bonds is 2. The van der Waals surface area contributed by atoms with Gasteiger partial charge < -0.3 is 0 Å². The zero-order chi connectivity index (χ0) is 9.84. The Balaban J connectivity index is 3.13. The van der Waals surface area contributed by atoms with E-state index in [1.165, 1.54) is 16.7 Å². The van der Waals surface area contributed by atoms with E-state index in [-0.39, 0.29) is 0 Å². The molecule has 13 heavy (non-hydrogen) atoms. The van der Waals surface area contributed by atoms with Gasteiger partial charge in [0.15, 0.2) is 0 Å². The van der Waals surface area contributed by atoms with Crippen LogP contribution < -0.4 is 0 Å². The monoisotopic (exact) mass is 214 g/mol. The van der Waals surface area contributed by atoms with Gasteiger partial charge in [-0.25, -0.2) is 0 Å². The van der Waals surface area contributed by atoms with Gasteiger partial charge >= 0.3 is 0 Å². The summed E-state index contributed by atoms with van der Waals surface area (Å²) in [5, 5.41) is 0.790. The van der Waals surface area contributed by atoms with E-state index in [1.807, 2.05) is 38.1 Å². The highest BCUT2D eigenvalue weighted by molar-refractivity contribution is 6.30. The number of hydrogen-bond acceptors (Lipinski definition) is 0. The van der Waals surface area contributed by atoms with Crippen LogP contribution in [0.15, 0.2) is 18.2 Å². The van der Waals surface area contributed by atoms with E-state index in [9.17, 15) is 0 Å². The Morgan fingerprint density at radius 3 is 2.23 bits per heavy atom. The quantitative estimate of drug-likeness (QED) is 0.648. The summed E-state index contributed by atoms with van der Waals surface area (Å²) in [6.07, 6.45) is 3.97. The van der Waals surface area contributed by atoms with Crippen LogP contribution in [0.3, 0.4) is 0 Å². The number of hydrogen-bond donors (Lipinski definition) is 0. The van der Waals surface area contributed by atoms with Crippen molar-refractivity contribution in [1.29, 1.82) is 0 Å². The number of alkyl halides is 1. The third-order valence-corrected chi connectivity index (χ3v) is 2.33. The van der Waals surface area contributed by atoms with E-state index in [0.717, 1.165) is 5.02 Å². The molecule has 0 bridgehead atoms. The lowest BCUT2D eigenvalue weighted by molar-refractivity contribution is 1.35. The zero-order valence-corrected chi connectivity index (χ0v) is 9.28. The summed E-state index contributed by atoms with van der Waals surface area (Å²) in [4.78, 5) is 0. The van der Waals surface area contributed by atoms with E-state index in [2.05, 4.69) is 0 Å². The fraction of sp³-hybridized carbons (Fsp3) is 0.273. The molecule has 0 atom stereocenters. The molecule has 0 radical (unpaired) electrons. The fourth-order valence-electron chi connectivity index (χ4n) is 1.35. The second kappa shape index (κ2) is 4.69.